The fourth-order valence-electron chi connectivity index (χ4n) is 2.79. The second-order valence-corrected chi connectivity index (χ2v) is 5.45. The lowest BCUT2D eigenvalue weighted by Crippen LogP contribution is -2.24. The first-order valence-electron chi connectivity index (χ1n) is 7.59. The molecule has 2 N–H and O–H groups in total. The number of benzene rings is 1. The van der Waals surface area contributed by atoms with Gasteiger partial charge in [-0.25, -0.2) is 5.43 Å². The van der Waals surface area contributed by atoms with Crippen molar-refractivity contribution in [2.75, 3.05) is 13.7 Å². The van der Waals surface area contributed by atoms with Gasteiger partial charge < -0.3 is 9.26 Å². The Morgan fingerprint density at radius 1 is 1.25 bits per heavy atom. The molecule has 2 unspecified atom stereocenters. The summed E-state index contributed by atoms with van der Waals surface area (Å²) in [6.07, 6.45) is 1.61. The maximum Gasteiger partial charge on any atom is 0.233 e. The summed E-state index contributed by atoms with van der Waals surface area (Å²) >= 11 is 0. The van der Waals surface area contributed by atoms with Crippen LogP contribution < -0.4 is 15.6 Å². The van der Waals surface area contributed by atoms with E-state index in [0.717, 1.165) is 11.3 Å². The molecule has 0 bridgehead atoms. The molecule has 0 spiro atoms. The summed E-state index contributed by atoms with van der Waals surface area (Å²) in [6, 6.07) is 11.5. The van der Waals surface area contributed by atoms with Gasteiger partial charge in [-0.15, -0.1) is 5.10 Å². The van der Waals surface area contributed by atoms with E-state index in [9.17, 15) is 0 Å². The molecule has 3 heterocycles. The van der Waals surface area contributed by atoms with E-state index in [-0.39, 0.29) is 12.0 Å². The zero-order valence-corrected chi connectivity index (χ0v) is 13.0. The van der Waals surface area contributed by atoms with Crippen LogP contribution in [-0.4, -0.2) is 34.0 Å². The number of hydrogen-bond acceptors (Lipinski definition) is 8. The largest absolute Gasteiger partial charge is 0.497 e. The van der Waals surface area contributed by atoms with E-state index in [1.54, 1.807) is 25.4 Å². The Hall–Kier alpha value is -2.84. The van der Waals surface area contributed by atoms with E-state index in [1.165, 1.54) is 0 Å². The molecule has 2 atom stereocenters. The van der Waals surface area contributed by atoms with Crippen molar-refractivity contribution >= 4 is 0 Å². The van der Waals surface area contributed by atoms with Crippen LogP contribution in [0.4, 0.5) is 0 Å². The lowest BCUT2D eigenvalue weighted by atomic mass is 9.95. The van der Waals surface area contributed by atoms with Crippen molar-refractivity contribution in [2.24, 2.45) is 0 Å². The van der Waals surface area contributed by atoms with Crippen molar-refractivity contribution < 1.29 is 9.26 Å². The second-order valence-electron chi connectivity index (χ2n) is 5.45. The predicted octanol–water partition coefficient (Wildman–Crippen LogP) is 1.47. The third kappa shape index (κ3) is 2.72. The average molecular weight is 324 g/mol. The van der Waals surface area contributed by atoms with Gasteiger partial charge in [0, 0.05) is 12.7 Å². The van der Waals surface area contributed by atoms with Crippen molar-refractivity contribution in [3.05, 3.63) is 54.0 Å². The Balaban J connectivity index is 1.62. The molecule has 3 aromatic rings. The molecule has 1 aliphatic heterocycles. The molecule has 0 amide bonds. The topological polar surface area (TPSA) is 98.0 Å². The first-order chi connectivity index (χ1) is 11.8. The van der Waals surface area contributed by atoms with Crippen molar-refractivity contribution in [1.29, 1.82) is 0 Å². The van der Waals surface area contributed by atoms with E-state index < -0.39 is 0 Å². The molecule has 8 nitrogen and oxygen atoms in total. The standard InChI is InChI=1S/C16H16N6O2/c1-23-11-5-2-4-10(8-11)14-12(9-18-21-14)16-19-15(22-24-16)13-6-3-7-17-20-13/h2-8,12,14,18,21H,9H2,1H3. The molecule has 0 aliphatic carbocycles. The molecule has 8 heteroatoms. The molecule has 4 rings (SSSR count). The van der Waals surface area contributed by atoms with Gasteiger partial charge in [0.25, 0.3) is 0 Å². The van der Waals surface area contributed by atoms with Crippen molar-refractivity contribution in [3.63, 3.8) is 0 Å². The van der Waals surface area contributed by atoms with Gasteiger partial charge in [-0.05, 0) is 29.8 Å². The Labute approximate surface area is 138 Å². The van der Waals surface area contributed by atoms with Gasteiger partial charge in [0.1, 0.15) is 11.4 Å². The Kier molecular flexibility index (Phi) is 3.89. The van der Waals surface area contributed by atoms with E-state index in [2.05, 4.69) is 31.2 Å². The van der Waals surface area contributed by atoms with Gasteiger partial charge in [-0.1, -0.05) is 17.3 Å². The molecule has 122 valence electrons. The smallest absolute Gasteiger partial charge is 0.233 e. The summed E-state index contributed by atoms with van der Waals surface area (Å²) in [7, 11) is 1.65. The van der Waals surface area contributed by atoms with Gasteiger partial charge in [-0.2, -0.15) is 10.1 Å². The quantitative estimate of drug-likeness (QED) is 0.744. The first-order valence-corrected chi connectivity index (χ1v) is 7.59. The van der Waals surface area contributed by atoms with Crippen molar-refractivity contribution in [1.82, 2.24) is 31.2 Å². The van der Waals surface area contributed by atoms with Gasteiger partial charge >= 0.3 is 0 Å². The number of methoxy groups -OCH3 is 1. The molecule has 2 aromatic heterocycles. The molecule has 0 radical (unpaired) electrons. The molecule has 1 aliphatic rings. The zero-order valence-electron chi connectivity index (χ0n) is 13.0. The molecular weight excluding hydrogens is 308 g/mol. The van der Waals surface area contributed by atoms with Gasteiger partial charge in [0.15, 0.2) is 0 Å². The maximum atomic E-state index is 5.47. The number of hydrogen-bond donors (Lipinski definition) is 2. The van der Waals surface area contributed by atoms with E-state index in [0.29, 0.717) is 24.0 Å². The van der Waals surface area contributed by atoms with Crippen LogP contribution in [0.3, 0.4) is 0 Å². The van der Waals surface area contributed by atoms with Crippen molar-refractivity contribution in [2.45, 2.75) is 12.0 Å². The molecule has 1 aromatic carbocycles. The fraction of sp³-hybridized carbons (Fsp3) is 0.250. The van der Waals surface area contributed by atoms with E-state index in [1.807, 2.05) is 24.3 Å². The van der Waals surface area contributed by atoms with Gasteiger partial charge in [-0.3, -0.25) is 5.43 Å². The molecule has 0 saturated carbocycles. The first kappa shape index (κ1) is 14.7. The summed E-state index contributed by atoms with van der Waals surface area (Å²) in [6.45, 7) is 0.685. The highest BCUT2D eigenvalue weighted by molar-refractivity contribution is 5.46. The van der Waals surface area contributed by atoms with Crippen LogP contribution in [0.25, 0.3) is 11.5 Å². The number of hydrazine groups is 1. The fourth-order valence-corrected chi connectivity index (χ4v) is 2.79. The van der Waals surface area contributed by atoms with Crippen LogP contribution in [0.1, 0.15) is 23.4 Å². The van der Waals surface area contributed by atoms with Crippen LogP contribution in [-0.2, 0) is 0 Å². The summed E-state index contributed by atoms with van der Waals surface area (Å²) in [4.78, 5) is 4.49. The highest BCUT2D eigenvalue weighted by Crippen LogP contribution is 2.34. The second kappa shape index (κ2) is 6.34. The minimum atomic E-state index is 0.00928. The lowest BCUT2D eigenvalue weighted by molar-refractivity contribution is 0.346. The van der Waals surface area contributed by atoms with E-state index >= 15 is 0 Å². The average Bonchev–Trinajstić information content (AvgIpc) is 3.31. The molecular formula is C16H16N6O2. The van der Waals surface area contributed by atoms with Crippen LogP contribution in [0.15, 0.2) is 47.1 Å². The number of rotatable bonds is 4. The molecule has 1 fully saturated rings. The monoisotopic (exact) mass is 324 g/mol. The highest BCUT2D eigenvalue weighted by atomic mass is 16.5. The SMILES string of the molecule is COc1cccc(C2NNCC2c2nc(-c3cccnn3)no2)c1. The predicted molar refractivity (Wildman–Crippen MR) is 84.9 cm³/mol. The van der Waals surface area contributed by atoms with Crippen molar-refractivity contribution in [3.8, 4) is 17.3 Å². The summed E-state index contributed by atoms with van der Waals surface area (Å²) in [5.74, 6) is 1.82. The van der Waals surface area contributed by atoms with Crippen LogP contribution >= 0.6 is 0 Å². The molecule has 24 heavy (non-hydrogen) atoms. The Morgan fingerprint density at radius 2 is 2.21 bits per heavy atom. The third-order valence-corrected chi connectivity index (χ3v) is 4.00. The highest BCUT2D eigenvalue weighted by Gasteiger charge is 2.34. The Morgan fingerprint density at radius 3 is 3.04 bits per heavy atom. The minimum Gasteiger partial charge on any atom is -0.497 e. The lowest BCUT2D eigenvalue weighted by Gasteiger charge is -2.16. The van der Waals surface area contributed by atoms with Gasteiger partial charge in [0.05, 0.1) is 19.1 Å². The summed E-state index contributed by atoms with van der Waals surface area (Å²) in [5, 5.41) is 11.9. The van der Waals surface area contributed by atoms with Crippen LogP contribution in [0.2, 0.25) is 0 Å². The van der Waals surface area contributed by atoms with E-state index in [4.69, 9.17) is 9.26 Å². The maximum absolute atomic E-state index is 5.47. The summed E-state index contributed by atoms with van der Waals surface area (Å²) in [5.41, 5.74) is 8.09. The number of aromatic nitrogens is 4. The van der Waals surface area contributed by atoms with Gasteiger partial charge in [0.2, 0.25) is 11.7 Å². The minimum absolute atomic E-state index is 0.00928. The third-order valence-electron chi connectivity index (χ3n) is 4.00. The normalized spacial score (nSPS) is 20.2. The number of nitrogens with one attached hydrogen (secondary N) is 2. The zero-order chi connectivity index (χ0) is 16.4. The summed E-state index contributed by atoms with van der Waals surface area (Å²) < 4.78 is 10.8. The van der Waals surface area contributed by atoms with Crippen LogP contribution in [0.5, 0.6) is 5.75 Å². The van der Waals surface area contributed by atoms with Crippen LogP contribution in [0, 0.1) is 0 Å². The molecule has 1 saturated heterocycles. The number of nitrogens with zero attached hydrogens (tertiary/aromatic N) is 4. The number of ether oxygens (including phenoxy) is 1. The Bertz CT molecular complexity index is 822.